The first kappa shape index (κ1) is 19.1. The van der Waals surface area contributed by atoms with Crippen LogP contribution in [0.1, 0.15) is 12.0 Å². The van der Waals surface area contributed by atoms with Crippen molar-refractivity contribution in [2.24, 2.45) is 0 Å². The van der Waals surface area contributed by atoms with Gasteiger partial charge >= 0.3 is 6.18 Å². The van der Waals surface area contributed by atoms with E-state index in [1.165, 1.54) is 12.1 Å². The van der Waals surface area contributed by atoms with Gasteiger partial charge in [-0.25, -0.2) is 0 Å². The molecule has 2 N–H and O–H groups in total. The molecule has 0 aliphatic carbocycles. The number of amides is 2. The Morgan fingerprint density at radius 3 is 2.12 bits per heavy atom. The molecule has 2 aromatic carbocycles. The normalized spacial score (nSPS) is 11.1. The van der Waals surface area contributed by atoms with E-state index in [1.807, 2.05) is 0 Å². The van der Waals surface area contributed by atoms with Crippen LogP contribution in [0.3, 0.4) is 0 Å². The van der Waals surface area contributed by atoms with Gasteiger partial charge in [0.15, 0.2) is 0 Å². The summed E-state index contributed by atoms with van der Waals surface area (Å²) in [5.74, 6) is -1.33. The molecule has 0 bridgehead atoms. The van der Waals surface area contributed by atoms with Crippen LogP contribution in [-0.4, -0.2) is 11.8 Å². The van der Waals surface area contributed by atoms with Crippen molar-refractivity contribution in [1.82, 2.24) is 0 Å². The Hall–Kier alpha value is -2.25. The Morgan fingerprint density at radius 1 is 0.920 bits per heavy atom. The molecule has 0 spiro atoms. The van der Waals surface area contributed by atoms with E-state index in [2.05, 4.69) is 10.6 Å². The number of alkyl halides is 3. The molecule has 132 valence electrons. The lowest BCUT2D eigenvalue weighted by Crippen LogP contribution is -2.21. The average molecular weight is 391 g/mol. The van der Waals surface area contributed by atoms with Gasteiger partial charge in [0, 0.05) is 5.69 Å². The minimum absolute atomic E-state index is 0.140. The van der Waals surface area contributed by atoms with Crippen LogP contribution in [0.15, 0.2) is 42.5 Å². The Kier molecular flexibility index (Phi) is 5.92. The summed E-state index contributed by atoms with van der Waals surface area (Å²) in [6.07, 6.45) is -5.00. The molecule has 2 aromatic rings. The lowest BCUT2D eigenvalue weighted by Gasteiger charge is -2.10. The number of carbonyl (C=O) groups is 2. The summed E-state index contributed by atoms with van der Waals surface area (Å²) in [5, 5.41) is 5.15. The Labute approximate surface area is 150 Å². The van der Waals surface area contributed by atoms with Crippen LogP contribution in [0.2, 0.25) is 10.0 Å². The second kappa shape index (κ2) is 7.76. The maximum absolute atomic E-state index is 12.5. The van der Waals surface area contributed by atoms with Crippen molar-refractivity contribution >= 4 is 46.4 Å². The topological polar surface area (TPSA) is 58.2 Å². The zero-order valence-corrected chi connectivity index (χ0v) is 14.0. The first-order valence-corrected chi connectivity index (χ1v) is 7.63. The van der Waals surface area contributed by atoms with E-state index in [9.17, 15) is 22.8 Å². The molecule has 4 nitrogen and oxygen atoms in total. The predicted molar refractivity (Wildman–Crippen MR) is 89.8 cm³/mol. The van der Waals surface area contributed by atoms with Gasteiger partial charge in [-0.3, -0.25) is 9.59 Å². The summed E-state index contributed by atoms with van der Waals surface area (Å²) in [5.41, 5.74) is -0.438. The van der Waals surface area contributed by atoms with E-state index in [4.69, 9.17) is 23.2 Å². The number of hydrogen-bond donors (Lipinski definition) is 2. The molecule has 0 saturated heterocycles. The summed E-state index contributed by atoms with van der Waals surface area (Å²) in [6.45, 7) is 0. The number of halogens is 5. The molecule has 2 amide bonds. The fourth-order valence-electron chi connectivity index (χ4n) is 1.89. The molecular formula is C16H11Cl2F3N2O2. The first-order valence-electron chi connectivity index (χ1n) is 6.88. The minimum Gasteiger partial charge on any atom is -0.326 e. The molecule has 0 aliphatic heterocycles. The molecule has 0 fully saturated rings. The molecule has 0 heterocycles. The van der Waals surface area contributed by atoms with E-state index >= 15 is 0 Å². The van der Waals surface area contributed by atoms with Crippen molar-refractivity contribution in [3.8, 4) is 0 Å². The molecule has 0 unspecified atom stereocenters. The van der Waals surface area contributed by atoms with Crippen LogP contribution in [0.5, 0.6) is 0 Å². The minimum atomic E-state index is -4.46. The Morgan fingerprint density at radius 2 is 1.52 bits per heavy atom. The molecule has 0 aliphatic rings. The maximum Gasteiger partial charge on any atom is 0.416 e. The molecule has 0 saturated carbocycles. The van der Waals surface area contributed by atoms with Crippen LogP contribution < -0.4 is 10.6 Å². The van der Waals surface area contributed by atoms with Gasteiger partial charge in [-0.05, 0) is 36.4 Å². The van der Waals surface area contributed by atoms with Gasteiger partial charge < -0.3 is 10.6 Å². The quantitative estimate of drug-likeness (QED) is 0.723. The van der Waals surface area contributed by atoms with Gasteiger partial charge in [-0.15, -0.1) is 0 Å². The van der Waals surface area contributed by atoms with Crippen LogP contribution in [0.4, 0.5) is 24.5 Å². The molecule has 0 atom stereocenters. The van der Waals surface area contributed by atoms with Gasteiger partial charge in [0.2, 0.25) is 11.8 Å². The number of rotatable bonds is 4. The van der Waals surface area contributed by atoms with Crippen LogP contribution >= 0.6 is 23.2 Å². The summed E-state index contributed by atoms with van der Waals surface area (Å²) < 4.78 is 37.4. The lowest BCUT2D eigenvalue weighted by molar-refractivity contribution is -0.137. The van der Waals surface area contributed by atoms with Crippen molar-refractivity contribution in [2.45, 2.75) is 12.6 Å². The van der Waals surface area contributed by atoms with Gasteiger partial charge in [0.1, 0.15) is 6.42 Å². The monoisotopic (exact) mass is 390 g/mol. The van der Waals surface area contributed by atoms with E-state index in [0.29, 0.717) is 0 Å². The molecular weight excluding hydrogens is 380 g/mol. The second-order valence-electron chi connectivity index (χ2n) is 4.95. The molecule has 0 aromatic heterocycles. The van der Waals surface area contributed by atoms with E-state index in [0.717, 1.165) is 24.3 Å². The van der Waals surface area contributed by atoms with E-state index in [1.54, 1.807) is 6.07 Å². The highest BCUT2D eigenvalue weighted by atomic mass is 35.5. The number of carbonyl (C=O) groups excluding carboxylic acids is 2. The zero-order valence-electron chi connectivity index (χ0n) is 12.5. The average Bonchev–Trinajstić information content (AvgIpc) is 2.51. The fourth-order valence-corrected chi connectivity index (χ4v) is 2.24. The smallest absolute Gasteiger partial charge is 0.326 e. The van der Waals surface area contributed by atoms with Crippen LogP contribution in [0.25, 0.3) is 0 Å². The predicted octanol–water partition coefficient (Wildman–Crippen LogP) is 4.98. The van der Waals surface area contributed by atoms with E-state index < -0.39 is 30.0 Å². The van der Waals surface area contributed by atoms with Gasteiger partial charge in [-0.2, -0.15) is 13.2 Å². The van der Waals surface area contributed by atoms with Crippen molar-refractivity contribution < 1.29 is 22.8 Å². The number of nitrogens with one attached hydrogen (secondary N) is 2. The summed E-state index contributed by atoms with van der Waals surface area (Å²) in [7, 11) is 0. The summed E-state index contributed by atoms with van der Waals surface area (Å²) in [4.78, 5) is 23.6. The standard InChI is InChI=1S/C16H11Cl2F3N2O2/c17-11-2-1-3-12(15(11)18)23-14(25)8-13(24)22-10-6-4-9(5-7-10)16(19,20)21/h1-7H,8H2,(H,22,24)(H,23,25). The Bertz CT molecular complexity index is 793. The molecule has 0 radical (unpaired) electrons. The molecule has 9 heteroatoms. The van der Waals surface area contributed by atoms with Crippen molar-refractivity contribution in [3.63, 3.8) is 0 Å². The highest BCUT2D eigenvalue weighted by Crippen LogP contribution is 2.30. The lowest BCUT2D eigenvalue weighted by atomic mass is 10.2. The second-order valence-corrected chi connectivity index (χ2v) is 5.73. The number of benzene rings is 2. The van der Waals surface area contributed by atoms with Gasteiger partial charge in [0.05, 0.1) is 21.3 Å². The van der Waals surface area contributed by atoms with Crippen molar-refractivity contribution in [2.75, 3.05) is 10.6 Å². The van der Waals surface area contributed by atoms with Crippen molar-refractivity contribution in [3.05, 3.63) is 58.1 Å². The third-order valence-corrected chi connectivity index (χ3v) is 3.86. The largest absolute Gasteiger partial charge is 0.416 e. The highest BCUT2D eigenvalue weighted by Gasteiger charge is 2.30. The molecule has 25 heavy (non-hydrogen) atoms. The van der Waals surface area contributed by atoms with Crippen molar-refractivity contribution in [1.29, 1.82) is 0 Å². The van der Waals surface area contributed by atoms with Crippen LogP contribution in [0, 0.1) is 0 Å². The fraction of sp³-hybridized carbons (Fsp3) is 0.125. The summed E-state index contributed by atoms with van der Waals surface area (Å²) >= 11 is 11.7. The first-order chi connectivity index (χ1) is 11.7. The zero-order chi connectivity index (χ0) is 18.6. The summed E-state index contributed by atoms with van der Waals surface area (Å²) in [6, 6.07) is 8.50. The number of anilines is 2. The Balaban J connectivity index is 1.93. The van der Waals surface area contributed by atoms with E-state index in [-0.39, 0.29) is 21.4 Å². The third-order valence-electron chi connectivity index (χ3n) is 3.04. The van der Waals surface area contributed by atoms with Gasteiger partial charge in [0.25, 0.3) is 0 Å². The molecule has 2 rings (SSSR count). The SMILES string of the molecule is O=C(CC(=O)Nc1cccc(Cl)c1Cl)Nc1ccc(C(F)(F)F)cc1. The highest BCUT2D eigenvalue weighted by molar-refractivity contribution is 6.44. The van der Waals surface area contributed by atoms with Crippen LogP contribution in [-0.2, 0) is 15.8 Å². The maximum atomic E-state index is 12.5. The number of hydrogen-bond acceptors (Lipinski definition) is 2. The van der Waals surface area contributed by atoms with Gasteiger partial charge in [-0.1, -0.05) is 29.3 Å². The third kappa shape index (κ3) is 5.37.